The first-order valence-electron chi connectivity index (χ1n) is 19.9. The number of hydrogen-bond donors (Lipinski definition) is 0. The molecule has 0 aromatic carbocycles. The number of nitrogens with zero attached hydrogens (tertiary/aromatic N) is 2. The van der Waals surface area contributed by atoms with Crippen molar-refractivity contribution < 1.29 is 4.57 Å². The van der Waals surface area contributed by atoms with Crippen molar-refractivity contribution in [3.8, 4) is 0 Å². The fourth-order valence-electron chi connectivity index (χ4n) is 6.68. The van der Waals surface area contributed by atoms with E-state index in [1.807, 2.05) is 0 Å². The molecule has 0 saturated heterocycles. The Morgan fingerprint density at radius 1 is 0.405 bits per heavy atom. The molecular weight excluding hydrogens is 508 g/mol. The van der Waals surface area contributed by atoms with Crippen molar-refractivity contribution in [2.75, 3.05) is 0 Å². The first-order valence-corrected chi connectivity index (χ1v) is 19.9. The minimum absolute atomic E-state index is 1.23. The second kappa shape index (κ2) is 31.6. The van der Waals surface area contributed by atoms with Crippen LogP contribution in [-0.4, -0.2) is 4.57 Å². The number of imidazole rings is 1. The van der Waals surface area contributed by atoms with Crippen molar-refractivity contribution in [2.45, 2.75) is 239 Å². The zero-order chi connectivity index (χ0) is 30.2. The molecule has 0 spiro atoms. The fourth-order valence-corrected chi connectivity index (χ4v) is 6.68. The topological polar surface area (TPSA) is 8.81 Å². The molecule has 1 heterocycles. The molecule has 0 radical (unpaired) electrons. The number of unbranched alkanes of at least 4 members (excludes halogenated alkanes) is 28. The highest BCUT2D eigenvalue weighted by atomic mass is 15.1. The van der Waals surface area contributed by atoms with Gasteiger partial charge < -0.3 is 0 Å². The predicted molar refractivity (Wildman–Crippen MR) is 188 cm³/mol. The van der Waals surface area contributed by atoms with Crippen molar-refractivity contribution >= 4 is 0 Å². The Balaban J connectivity index is 2.12. The second-order valence-electron chi connectivity index (χ2n) is 13.8. The van der Waals surface area contributed by atoms with Crippen molar-refractivity contribution in [2.24, 2.45) is 0 Å². The normalized spacial score (nSPS) is 11.6. The van der Waals surface area contributed by atoms with Crippen LogP contribution in [0.15, 0.2) is 12.4 Å². The van der Waals surface area contributed by atoms with Gasteiger partial charge in [0.05, 0.1) is 13.1 Å². The van der Waals surface area contributed by atoms with Crippen LogP contribution < -0.4 is 4.57 Å². The SMILES string of the molecule is CCCCCCCCCCCCCCCCCCCn1cc[n+](CCCCCCCCCCCC)c1CCCCCC. The van der Waals surface area contributed by atoms with Crippen LogP contribution in [-0.2, 0) is 19.5 Å². The smallest absolute Gasteiger partial charge is 0.234 e. The summed E-state index contributed by atoms with van der Waals surface area (Å²) in [4.78, 5) is 0. The van der Waals surface area contributed by atoms with Gasteiger partial charge >= 0.3 is 0 Å². The maximum atomic E-state index is 2.62. The van der Waals surface area contributed by atoms with E-state index in [2.05, 4.69) is 42.3 Å². The van der Waals surface area contributed by atoms with Crippen molar-refractivity contribution in [1.82, 2.24) is 4.57 Å². The van der Waals surface area contributed by atoms with Gasteiger partial charge in [-0.2, -0.15) is 0 Å². The third-order valence-corrected chi connectivity index (χ3v) is 9.60. The molecule has 1 aromatic heterocycles. The van der Waals surface area contributed by atoms with Crippen LogP contribution in [0.3, 0.4) is 0 Å². The van der Waals surface area contributed by atoms with Crippen LogP contribution >= 0.6 is 0 Å². The maximum absolute atomic E-state index is 2.62. The van der Waals surface area contributed by atoms with Gasteiger partial charge in [0.2, 0.25) is 0 Å². The summed E-state index contributed by atoms with van der Waals surface area (Å²) in [7, 11) is 0. The van der Waals surface area contributed by atoms with Crippen molar-refractivity contribution in [1.29, 1.82) is 0 Å². The summed E-state index contributed by atoms with van der Waals surface area (Å²) in [5, 5.41) is 0. The molecular formula is C40H79N2+. The Morgan fingerprint density at radius 2 is 0.738 bits per heavy atom. The van der Waals surface area contributed by atoms with Gasteiger partial charge in [0, 0.05) is 6.42 Å². The van der Waals surface area contributed by atoms with Gasteiger partial charge in [-0.15, -0.1) is 0 Å². The van der Waals surface area contributed by atoms with Gasteiger partial charge in [0.1, 0.15) is 12.4 Å². The molecule has 0 N–H and O–H groups in total. The lowest BCUT2D eigenvalue weighted by molar-refractivity contribution is -0.704. The predicted octanol–water partition coefficient (Wildman–Crippen LogP) is 13.5. The third kappa shape index (κ3) is 23.6. The zero-order valence-electron chi connectivity index (χ0n) is 29.6. The largest absolute Gasteiger partial charge is 0.256 e. The van der Waals surface area contributed by atoms with E-state index in [1.165, 1.54) is 219 Å². The minimum Gasteiger partial charge on any atom is -0.234 e. The number of aromatic nitrogens is 2. The van der Waals surface area contributed by atoms with Crippen LogP contribution in [0.2, 0.25) is 0 Å². The van der Waals surface area contributed by atoms with Gasteiger partial charge in [-0.3, -0.25) is 0 Å². The van der Waals surface area contributed by atoms with Gasteiger partial charge in [0.15, 0.2) is 0 Å². The lowest BCUT2D eigenvalue weighted by Gasteiger charge is -2.07. The zero-order valence-corrected chi connectivity index (χ0v) is 29.6. The highest BCUT2D eigenvalue weighted by molar-refractivity contribution is 4.84. The van der Waals surface area contributed by atoms with Crippen LogP contribution in [0.25, 0.3) is 0 Å². The lowest BCUT2D eigenvalue weighted by atomic mass is 10.0. The van der Waals surface area contributed by atoms with E-state index in [-0.39, 0.29) is 0 Å². The van der Waals surface area contributed by atoms with Crippen LogP contribution in [0.4, 0.5) is 0 Å². The second-order valence-corrected chi connectivity index (χ2v) is 13.8. The third-order valence-electron chi connectivity index (χ3n) is 9.60. The molecule has 0 aliphatic heterocycles. The Hall–Kier alpha value is -0.790. The van der Waals surface area contributed by atoms with E-state index < -0.39 is 0 Å². The van der Waals surface area contributed by atoms with Crippen LogP contribution in [0, 0.1) is 0 Å². The molecule has 0 unspecified atom stereocenters. The Morgan fingerprint density at radius 3 is 1.14 bits per heavy atom. The van der Waals surface area contributed by atoms with Gasteiger partial charge in [-0.05, 0) is 32.1 Å². The summed E-state index contributed by atoms with van der Waals surface area (Å²) in [6.45, 7) is 9.40. The Bertz CT molecular complexity index is 648. The molecule has 0 atom stereocenters. The molecule has 0 saturated carbocycles. The molecule has 0 aliphatic rings. The van der Waals surface area contributed by atoms with Crippen LogP contribution in [0.5, 0.6) is 0 Å². The average molecular weight is 588 g/mol. The summed E-state index contributed by atoms with van der Waals surface area (Å²) in [6, 6.07) is 0. The van der Waals surface area contributed by atoms with Gasteiger partial charge in [0.25, 0.3) is 5.82 Å². The first kappa shape index (κ1) is 39.2. The van der Waals surface area contributed by atoms with E-state index >= 15 is 0 Å². The number of aryl methyl sites for hydroxylation is 2. The standard InChI is InChI=1S/C40H79N2/c1-4-7-10-13-15-17-19-20-21-22-23-24-25-27-29-31-34-37-42-39-38-41(40(42)35-32-12-9-6-3)36-33-30-28-26-18-16-14-11-8-5-2/h38-39H,4-37H2,1-3H3/q+1. The van der Waals surface area contributed by atoms with E-state index in [1.54, 1.807) is 5.82 Å². The Labute approximate surface area is 266 Å². The molecule has 42 heavy (non-hydrogen) atoms. The molecule has 1 aromatic rings. The highest BCUT2D eigenvalue weighted by Gasteiger charge is 2.16. The van der Waals surface area contributed by atoms with E-state index in [4.69, 9.17) is 0 Å². The molecule has 0 fully saturated rings. The molecule has 0 amide bonds. The van der Waals surface area contributed by atoms with Gasteiger partial charge in [-0.1, -0.05) is 188 Å². The number of rotatable bonds is 34. The minimum atomic E-state index is 1.23. The van der Waals surface area contributed by atoms with Crippen LogP contribution in [0.1, 0.15) is 226 Å². The van der Waals surface area contributed by atoms with E-state index in [9.17, 15) is 0 Å². The summed E-state index contributed by atoms with van der Waals surface area (Å²) in [5.74, 6) is 1.61. The molecule has 0 aliphatic carbocycles. The summed E-state index contributed by atoms with van der Waals surface area (Å²) >= 11 is 0. The summed E-state index contributed by atoms with van der Waals surface area (Å²) < 4.78 is 5.23. The lowest BCUT2D eigenvalue weighted by Crippen LogP contribution is -2.37. The fraction of sp³-hybridized carbons (Fsp3) is 0.925. The average Bonchev–Trinajstić information content (AvgIpc) is 3.38. The Kier molecular flexibility index (Phi) is 29.5. The summed E-state index contributed by atoms with van der Waals surface area (Å²) in [5.41, 5.74) is 0. The van der Waals surface area contributed by atoms with E-state index in [0.717, 1.165) is 0 Å². The molecule has 1 rings (SSSR count). The molecule has 0 bridgehead atoms. The molecule has 2 heteroatoms. The maximum Gasteiger partial charge on any atom is 0.256 e. The van der Waals surface area contributed by atoms with Crippen molar-refractivity contribution in [3.63, 3.8) is 0 Å². The monoisotopic (exact) mass is 588 g/mol. The molecule has 2 nitrogen and oxygen atoms in total. The van der Waals surface area contributed by atoms with Gasteiger partial charge in [-0.25, -0.2) is 9.13 Å². The highest BCUT2D eigenvalue weighted by Crippen LogP contribution is 2.15. The quantitative estimate of drug-likeness (QED) is 0.0560. The molecule has 248 valence electrons. The summed E-state index contributed by atoms with van der Waals surface area (Å²) in [6.07, 6.45) is 50.4. The van der Waals surface area contributed by atoms with E-state index in [0.29, 0.717) is 0 Å². The number of hydrogen-bond acceptors (Lipinski definition) is 0. The first-order chi connectivity index (χ1) is 20.8. The van der Waals surface area contributed by atoms with Crippen molar-refractivity contribution in [3.05, 3.63) is 18.2 Å².